The molecule has 0 radical (unpaired) electrons. The lowest BCUT2D eigenvalue weighted by atomic mass is 10.2. The van der Waals surface area contributed by atoms with E-state index in [9.17, 15) is 18.7 Å². The van der Waals surface area contributed by atoms with Crippen molar-refractivity contribution >= 4 is 11.5 Å². The lowest BCUT2D eigenvalue weighted by Crippen LogP contribution is -2.06. The highest BCUT2D eigenvalue weighted by molar-refractivity contribution is 5.97. The van der Waals surface area contributed by atoms with Crippen LogP contribution in [-0.4, -0.2) is 27.1 Å². The van der Waals surface area contributed by atoms with Gasteiger partial charge in [0.25, 0.3) is 6.43 Å². The number of hydrogen-bond donors (Lipinski definition) is 1. The van der Waals surface area contributed by atoms with Gasteiger partial charge in [0, 0.05) is 18.8 Å². The largest absolute Gasteiger partial charge is 0.507 e. The van der Waals surface area contributed by atoms with Crippen LogP contribution in [0.1, 0.15) is 18.2 Å². The molecule has 0 saturated heterocycles. The van der Waals surface area contributed by atoms with Crippen LogP contribution in [0.25, 0.3) is 5.76 Å². The van der Waals surface area contributed by atoms with Crippen molar-refractivity contribution in [1.82, 2.24) is 9.78 Å². The number of halogens is 2. The molecule has 0 unspecified atom stereocenters. The first-order chi connectivity index (χ1) is 7.45. The second-order valence-corrected chi connectivity index (χ2v) is 3.22. The van der Waals surface area contributed by atoms with Crippen molar-refractivity contribution < 1.29 is 18.7 Å². The van der Waals surface area contributed by atoms with Gasteiger partial charge in [-0.1, -0.05) is 0 Å². The van der Waals surface area contributed by atoms with Crippen LogP contribution in [0.2, 0.25) is 0 Å². The van der Waals surface area contributed by atoms with E-state index in [2.05, 4.69) is 5.10 Å². The highest BCUT2D eigenvalue weighted by Crippen LogP contribution is 2.15. The molecule has 0 fully saturated rings. The molecule has 1 aromatic rings. The summed E-state index contributed by atoms with van der Waals surface area (Å²) in [6, 6.07) is 0. The Morgan fingerprint density at radius 1 is 1.69 bits per heavy atom. The van der Waals surface area contributed by atoms with Crippen LogP contribution >= 0.6 is 0 Å². The Balaban J connectivity index is 2.99. The molecular weight excluding hydrogens is 218 g/mol. The van der Waals surface area contributed by atoms with Gasteiger partial charge in [-0.2, -0.15) is 5.10 Å². The smallest absolute Gasteiger partial charge is 0.300 e. The minimum Gasteiger partial charge on any atom is -0.507 e. The molecule has 0 amide bonds. The van der Waals surface area contributed by atoms with Crippen LogP contribution in [0, 0.1) is 6.92 Å². The van der Waals surface area contributed by atoms with Crippen molar-refractivity contribution in [3.05, 3.63) is 23.5 Å². The number of nitrogens with zero attached hydrogens (tertiary/aromatic N) is 2. The second-order valence-electron chi connectivity index (χ2n) is 3.22. The predicted octanol–water partition coefficient (Wildman–Crippen LogP) is 1.94. The van der Waals surface area contributed by atoms with Gasteiger partial charge < -0.3 is 5.11 Å². The summed E-state index contributed by atoms with van der Waals surface area (Å²) in [5.41, 5.74) is 0.772. The fraction of sp³-hybridized carbons (Fsp3) is 0.400. The Hall–Kier alpha value is -1.72. The standard InChI is InChI=1S/C10H12F2N2O2/c1-3-14-5-7(6(2)13-14)8(15)4-9(16)10(11)12/h4-5,10,15H,3H2,1-2H3. The maximum absolute atomic E-state index is 12.0. The highest BCUT2D eigenvalue weighted by Gasteiger charge is 2.16. The number of aromatic nitrogens is 2. The van der Waals surface area contributed by atoms with E-state index in [1.807, 2.05) is 6.92 Å². The van der Waals surface area contributed by atoms with E-state index < -0.39 is 18.0 Å². The lowest BCUT2D eigenvalue weighted by Gasteiger charge is -1.97. The number of aliphatic hydroxyl groups is 1. The molecule has 0 bridgehead atoms. The number of alkyl halides is 2. The summed E-state index contributed by atoms with van der Waals surface area (Å²) in [5, 5.41) is 13.5. The minimum atomic E-state index is -3.11. The van der Waals surface area contributed by atoms with Gasteiger partial charge in [0.2, 0.25) is 5.78 Å². The summed E-state index contributed by atoms with van der Waals surface area (Å²) < 4.78 is 25.4. The second kappa shape index (κ2) is 4.87. The van der Waals surface area contributed by atoms with Gasteiger partial charge in [-0.15, -0.1) is 0 Å². The SMILES string of the molecule is CCn1cc(C(O)=CC(=O)C(F)F)c(C)n1. The van der Waals surface area contributed by atoms with Gasteiger partial charge in [-0.3, -0.25) is 9.48 Å². The van der Waals surface area contributed by atoms with E-state index in [0.717, 1.165) is 0 Å². The van der Waals surface area contributed by atoms with E-state index in [4.69, 9.17) is 0 Å². The van der Waals surface area contributed by atoms with Crippen molar-refractivity contribution in [3.8, 4) is 0 Å². The average molecular weight is 230 g/mol. The van der Waals surface area contributed by atoms with Crippen molar-refractivity contribution in [3.63, 3.8) is 0 Å². The fourth-order valence-electron chi connectivity index (χ4n) is 1.21. The van der Waals surface area contributed by atoms with Gasteiger partial charge in [0.05, 0.1) is 11.3 Å². The van der Waals surface area contributed by atoms with E-state index in [1.54, 1.807) is 11.6 Å². The molecule has 4 nitrogen and oxygen atoms in total. The Labute approximate surface area is 91.2 Å². The van der Waals surface area contributed by atoms with Gasteiger partial charge >= 0.3 is 0 Å². The maximum atomic E-state index is 12.0. The zero-order valence-electron chi connectivity index (χ0n) is 8.94. The molecule has 1 aromatic heterocycles. The molecule has 1 rings (SSSR count). The number of carbonyl (C=O) groups excluding carboxylic acids is 1. The summed E-state index contributed by atoms with van der Waals surface area (Å²) >= 11 is 0. The van der Waals surface area contributed by atoms with Crippen LogP contribution in [-0.2, 0) is 11.3 Å². The molecular formula is C10H12F2N2O2. The van der Waals surface area contributed by atoms with Gasteiger partial charge in [-0.25, -0.2) is 8.78 Å². The fourth-order valence-corrected chi connectivity index (χ4v) is 1.21. The van der Waals surface area contributed by atoms with Crippen LogP contribution in [0.3, 0.4) is 0 Å². The Bertz CT molecular complexity index is 424. The molecule has 0 aliphatic rings. The van der Waals surface area contributed by atoms with E-state index in [0.29, 0.717) is 18.3 Å². The molecule has 0 aliphatic carbocycles. The molecule has 0 saturated carbocycles. The topological polar surface area (TPSA) is 55.1 Å². The van der Waals surface area contributed by atoms with Crippen molar-refractivity contribution in [2.45, 2.75) is 26.8 Å². The third-order valence-corrected chi connectivity index (χ3v) is 2.04. The number of rotatable bonds is 4. The monoisotopic (exact) mass is 230 g/mol. The van der Waals surface area contributed by atoms with E-state index in [1.165, 1.54) is 6.20 Å². The average Bonchev–Trinajstić information content (AvgIpc) is 2.59. The third kappa shape index (κ3) is 2.65. The molecule has 0 atom stereocenters. The van der Waals surface area contributed by atoms with Crippen LogP contribution in [0.4, 0.5) is 8.78 Å². The lowest BCUT2D eigenvalue weighted by molar-refractivity contribution is -0.124. The number of hydrogen-bond acceptors (Lipinski definition) is 3. The normalized spacial score (nSPS) is 12.2. The Kier molecular flexibility index (Phi) is 3.76. The summed E-state index contributed by atoms with van der Waals surface area (Å²) in [6.07, 6.45) is -1.09. The third-order valence-electron chi connectivity index (χ3n) is 2.04. The van der Waals surface area contributed by atoms with Crippen molar-refractivity contribution in [2.24, 2.45) is 0 Å². The molecule has 0 spiro atoms. The number of aliphatic hydroxyl groups excluding tert-OH is 1. The molecule has 1 N–H and O–H groups in total. The van der Waals surface area contributed by atoms with E-state index in [-0.39, 0.29) is 5.56 Å². The van der Waals surface area contributed by atoms with Gasteiger partial charge in [-0.05, 0) is 13.8 Å². The van der Waals surface area contributed by atoms with Crippen molar-refractivity contribution in [2.75, 3.05) is 0 Å². The zero-order chi connectivity index (χ0) is 12.3. The highest BCUT2D eigenvalue weighted by atomic mass is 19.3. The number of allylic oxidation sites excluding steroid dienone is 1. The molecule has 88 valence electrons. The predicted molar refractivity (Wildman–Crippen MR) is 54.3 cm³/mol. The minimum absolute atomic E-state index is 0.288. The first-order valence-corrected chi connectivity index (χ1v) is 4.72. The molecule has 16 heavy (non-hydrogen) atoms. The van der Waals surface area contributed by atoms with E-state index >= 15 is 0 Å². The molecule has 6 heteroatoms. The van der Waals surface area contributed by atoms with Crippen molar-refractivity contribution in [1.29, 1.82) is 0 Å². The quantitative estimate of drug-likeness (QED) is 0.635. The molecule has 0 aliphatic heterocycles. The first-order valence-electron chi connectivity index (χ1n) is 4.72. The number of carbonyl (C=O) groups is 1. The Morgan fingerprint density at radius 3 is 2.75 bits per heavy atom. The van der Waals surface area contributed by atoms with Crippen LogP contribution < -0.4 is 0 Å². The first kappa shape index (κ1) is 12.4. The van der Waals surface area contributed by atoms with Crippen LogP contribution in [0.15, 0.2) is 12.3 Å². The molecule has 1 heterocycles. The number of ketones is 1. The summed E-state index contributed by atoms with van der Waals surface area (Å²) in [5.74, 6) is -1.90. The van der Waals surface area contributed by atoms with Crippen LogP contribution in [0.5, 0.6) is 0 Å². The van der Waals surface area contributed by atoms with Gasteiger partial charge in [0.1, 0.15) is 5.76 Å². The Morgan fingerprint density at radius 2 is 2.31 bits per heavy atom. The summed E-state index contributed by atoms with van der Waals surface area (Å²) in [4.78, 5) is 10.7. The maximum Gasteiger partial charge on any atom is 0.300 e. The summed E-state index contributed by atoms with van der Waals surface area (Å²) in [6.45, 7) is 4.07. The zero-order valence-corrected chi connectivity index (χ0v) is 8.94. The number of aryl methyl sites for hydroxylation is 2. The molecule has 0 aromatic carbocycles. The van der Waals surface area contributed by atoms with Gasteiger partial charge in [0.15, 0.2) is 0 Å². The summed E-state index contributed by atoms with van der Waals surface area (Å²) in [7, 11) is 0.